The zero-order valence-electron chi connectivity index (χ0n) is 13.2. The normalized spacial score (nSPS) is 11.5. The molecule has 0 spiro atoms. The molecule has 0 aliphatic carbocycles. The van der Waals surface area contributed by atoms with Gasteiger partial charge in [0.15, 0.2) is 4.34 Å². The predicted molar refractivity (Wildman–Crippen MR) is 94.1 cm³/mol. The quantitative estimate of drug-likeness (QED) is 0.638. The van der Waals surface area contributed by atoms with E-state index in [0.717, 1.165) is 20.2 Å². The summed E-state index contributed by atoms with van der Waals surface area (Å²) in [6, 6.07) is 6.09. The van der Waals surface area contributed by atoms with Gasteiger partial charge in [-0.3, -0.25) is 0 Å². The number of fused-ring (bicyclic) bond motifs is 1. The van der Waals surface area contributed by atoms with Gasteiger partial charge in [-0.15, -0.1) is 11.3 Å². The smallest absolute Gasteiger partial charge is 0.407 e. The van der Waals surface area contributed by atoms with Crippen molar-refractivity contribution in [3.63, 3.8) is 0 Å². The van der Waals surface area contributed by atoms with E-state index in [4.69, 9.17) is 4.74 Å². The van der Waals surface area contributed by atoms with Crippen LogP contribution in [0.1, 0.15) is 20.8 Å². The van der Waals surface area contributed by atoms with Crippen molar-refractivity contribution < 1.29 is 9.53 Å². The second-order valence-electron chi connectivity index (χ2n) is 5.72. The average Bonchev–Trinajstić information content (AvgIpc) is 2.84. The highest BCUT2D eigenvalue weighted by Gasteiger charge is 2.15. The molecule has 2 aromatic rings. The fraction of sp³-hybridized carbons (Fsp3) is 0.467. The van der Waals surface area contributed by atoms with E-state index in [9.17, 15) is 4.79 Å². The van der Waals surface area contributed by atoms with Gasteiger partial charge in [0.2, 0.25) is 0 Å². The standard InChI is InChI=1S/C15H21N3O2S2/c1-15(2,3)20-13(19)17-8-7-16-10-5-6-11-12(9-10)22-14(18-11)21-4/h5-6,9,16H,7-8H2,1-4H3,(H,17,19). The van der Waals surface area contributed by atoms with Crippen LogP contribution in [-0.2, 0) is 4.74 Å². The van der Waals surface area contributed by atoms with Crippen LogP contribution < -0.4 is 10.6 Å². The lowest BCUT2D eigenvalue weighted by Gasteiger charge is -2.19. The van der Waals surface area contributed by atoms with Crippen molar-refractivity contribution in [3.05, 3.63) is 18.2 Å². The molecule has 0 unspecified atom stereocenters. The van der Waals surface area contributed by atoms with Gasteiger partial charge in [0.05, 0.1) is 10.2 Å². The molecule has 0 radical (unpaired) electrons. The Balaban J connectivity index is 1.81. The summed E-state index contributed by atoms with van der Waals surface area (Å²) in [6.07, 6.45) is 1.64. The summed E-state index contributed by atoms with van der Waals surface area (Å²) >= 11 is 3.34. The lowest BCUT2D eigenvalue weighted by molar-refractivity contribution is 0.0530. The number of benzene rings is 1. The van der Waals surface area contributed by atoms with Crippen molar-refractivity contribution in [2.75, 3.05) is 24.7 Å². The second-order valence-corrected chi connectivity index (χ2v) is 7.81. The molecule has 22 heavy (non-hydrogen) atoms. The minimum Gasteiger partial charge on any atom is -0.444 e. The van der Waals surface area contributed by atoms with Crippen LogP contribution in [0.25, 0.3) is 10.2 Å². The lowest BCUT2D eigenvalue weighted by atomic mass is 10.2. The molecule has 1 aromatic heterocycles. The zero-order chi connectivity index (χ0) is 16.2. The van der Waals surface area contributed by atoms with Gasteiger partial charge >= 0.3 is 6.09 Å². The van der Waals surface area contributed by atoms with E-state index in [1.54, 1.807) is 23.1 Å². The van der Waals surface area contributed by atoms with Crippen LogP contribution in [0.4, 0.5) is 10.5 Å². The van der Waals surface area contributed by atoms with E-state index in [-0.39, 0.29) is 0 Å². The van der Waals surface area contributed by atoms with Crippen molar-refractivity contribution in [1.82, 2.24) is 10.3 Å². The molecule has 5 nitrogen and oxygen atoms in total. The molecular formula is C15H21N3O2S2. The maximum Gasteiger partial charge on any atom is 0.407 e. The first-order valence-electron chi connectivity index (χ1n) is 7.03. The van der Waals surface area contributed by atoms with E-state index < -0.39 is 11.7 Å². The Morgan fingerprint density at radius 3 is 2.82 bits per heavy atom. The molecule has 120 valence electrons. The highest BCUT2D eigenvalue weighted by atomic mass is 32.2. The number of aromatic nitrogens is 1. The number of hydrogen-bond donors (Lipinski definition) is 2. The average molecular weight is 339 g/mol. The number of hydrogen-bond acceptors (Lipinski definition) is 6. The van der Waals surface area contributed by atoms with Crippen LogP contribution in [0, 0.1) is 0 Å². The molecule has 0 saturated heterocycles. The van der Waals surface area contributed by atoms with Crippen molar-refractivity contribution in [2.24, 2.45) is 0 Å². The van der Waals surface area contributed by atoms with Crippen molar-refractivity contribution in [2.45, 2.75) is 30.7 Å². The summed E-state index contributed by atoms with van der Waals surface area (Å²) in [7, 11) is 0. The topological polar surface area (TPSA) is 63.2 Å². The number of alkyl carbamates (subject to hydrolysis) is 1. The first-order chi connectivity index (χ1) is 10.4. The molecule has 2 N–H and O–H groups in total. The molecular weight excluding hydrogens is 318 g/mol. The van der Waals surface area contributed by atoms with E-state index in [2.05, 4.69) is 21.7 Å². The maximum absolute atomic E-state index is 11.5. The summed E-state index contributed by atoms with van der Waals surface area (Å²) < 4.78 is 7.41. The first-order valence-corrected chi connectivity index (χ1v) is 9.07. The van der Waals surface area contributed by atoms with Crippen LogP contribution in [0.3, 0.4) is 0 Å². The minimum absolute atomic E-state index is 0.392. The SMILES string of the molecule is CSc1nc2ccc(NCCNC(=O)OC(C)(C)C)cc2s1. The summed E-state index contributed by atoms with van der Waals surface area (Å²) in [6.45, 7) is 6.68. The van der Waals surface area contributed by atoms with Gasteiger partial charge in [-0.25, -0.2) is 9.78 Å². The number of thioether (sulfide) groups is 1. The Hall–Kier alpha value is -1.47. The Morgan fingerprint density at radius 2 is 2.14 bits per heavy atom. The number of thiazole rings is 1. The first kappa shape index (κ1) is 16.9. The second kappa shape index (κ2) is 7.19. The summed E-state index contributed by atoms with van der Waals surface area (Å²) in [4.78, 5) is 16.0. The number of carbonyl (C=O) groups is 1. The van der Waals surface area contributed by atoms with Gasteiger partial charge in [-0.05, 0) is 45.2 Å². The molecule has 7 heteroatoms. The number of nitrogens with zero attached hydrogens (tertiary/aromatic N) is 1. The third kappa shape index (κ3) is 5.06. The van der Waals surface area contributed by atoms with Crippen molar-refractivity contribution >= 4 is 45.1 Å². The predicted octanol–water partition coefficient (Wildman–Crippen LogP) is 3.95. The number of anilines is 1. The molecule has 0 aliphatic heterocycles. The van der Waals surface area contributed by atoms with Crippen LogP contribution >= 0.6 is 23.1 Å². The lowest BCUT2D eigenvalue weighted by Crippen LogP contribution is -2.34. The fourth-order valence-corrected chi connectivity index (χ4v) is 3.31. The summed E-state index contributed by atoms with van der Waals surface area (Å²) in [5.41, 5.74) is 1.57. The van der Waals surface area contributed by atoms with E-state index in [1.807, 2.05) is 39.2 Å². The van der Waals surface area contributed by atoms with Crippen LogP contribution in [0.2, 0.25) is 0 Å². The van der Waals surface area contributed by atoms with Gasteiger partial charge in [-0.1, -0.05) is 11.8 Å². The number of nitrogens with one attached hydrogen (secondary N) is 2. The molecule has 0 saturated carbocycles. The van der Waals surface area contributed by atoms with Crippen molar-refractivity contribution in [1.29, 1.82) is 0 Å². The highest BCUT2D eigenvalue weighted by Crippen LogP contribution is 2.29. The van der Waals surface area contributed by atoms with Crippen LogP contribution in [-0.4, -0.2) is 36.0 Å². The molecule has 2 rings (SSSR count). The third-order valence-corrected chi connectivity index (χ3v) is 4.67. The van der Waals surface area contributed by atoms with Gasteiger partial charge in [0.1, 0.15) is 5.60 Å². The van der Waals surface area contributed by atoms with Gasteiger partial charge in [0, 0.05) is 18.8 Å². The molecule has 1 heterocycles. The monoisotopic (exact) mass is 339 g/mol. The Bertz CT molecular complexity index is 650. The zero-order valence-corrected chi connectivity index (χ0v) is 14.9. The third-order valence-electron chi connectivity index (χ3n) is 2.67. The number of carbonyl (C=O) groups excluding carboxylic acids is 1. The summed E-state index contributed by atoms with van der Waals surface area (Å²) in [5, 5.41) is 6.01. The minimum atomic E-state index is -0.469. The Morgan fingerprint density at radius 1 is 1.36 bits per heavy atom. The maximum atomic E-state index is 11.5. The highest BCUT2D eigenvalue weighted by molar-refractivity contribution is 8.00. The Labute approximate surface area is 138 Å². The summed E-state index contributed by atoms with van der Waals surface area (Å²) in [5.74, 6) is 0. The number of ether oxygens (including phenoxy) is 1. The van der Waals surface area contributed by atoms with E-state index >= 15 is 0 Å². The Kier molecular flexibility index (Phi) is 5.52. The van der Waals surface area contributed by atoms with E-state index in [1.165, 1.54) is 0 Å². The molecule has 0 atom stereocenters. The van der Waals surface area contributed by atoms with Crippen molar-refractivity contribution in [3.8, 4) is 0 Å². The molecule has 0 fully saturated rings. The molecule has 0 bridgehead atoms. The number of rotatable bonds is 5. The van der Waals surface area contributed by atoms with Crippen LogP contribution in [0.5, 0.6) is 0 Å². The molecule has 1 aromatic carbocycles. The van der Waals surface area contributed by atoms with E-state index in [0.29, 0.717) is 13.1 Å². The number of amides is 1. The van der Waals surface area contributed by atoms with Gasteiger partial charge in [0.25, 0.3) is 0 Å². The van der Waals surface area contributed by atoms with Crippen LogP contribution in [0.15, 0.2) is 22.5 Å². The molecule has 1 amide bonds. The van der Waals surface area contributed by atoms with Gasteiger partial charge in [-0.2, -0.15) is 0 Å². The fourth-order valence-electron chi connectivity index (χ4n) is 1.79. The molecule has 0 aliphatic rings. The largest absolute Gasteiger partial charge is 0.444 e. The van der Waals surface area contributed by atoms with Gasteiger partial charge < -0.3 is 15.4 Å².